The number of nitrogens with zero attached hydrogens (tertiary/aromatic N) is 3. The van der Waals surface area contributed by atoms with Crippen LogP contribution in [0.2, 0.25) is 0 Å². The highest BCUT2D eigenvalue weighted by atomic mass is 16.5. The average Bonchev–Trinajstić information content (AvgIpc) is 3.03. The summed E-state index contributed by atoms with van der Waals surface area (Å²) in [4.78, 5) is 2.40. The highest BCUT2D eigenvalue weighted by Crippen LogP contribution is 2.34. The summed E-state index contributed by atoms with van der Waals surface area (Å²) in [7, 11) is 0. The van der Waals surface area contributed by atoms with Crippen molar-refractivity contribution in [3.05, 3.63) is 47.2 Å². The van der Waals surface area contributed by atoms with E-state index in [1.807, 2.05) is 0 Å². The van der Waals surface area contributed by atoms with Crippen molar-refractivity contribution in [2.45, 2.75) is 51.1 Å². The van der Waals surface area contributed by atoms with E-state index in [1.165, 1.54) is 11.1 Å². The van der Waals surface area contributed by atoms with Crippen molar-refractivity contribution in [1.82, 2.24) is 15.1 Å². The maximum atomic E-state index is 5.94. The molecule has 4 rings (SSSR count). The lowest BCUT2D eigenvalue weighted by molar-refractivity contribution is 0.0715. The first-order valence-electron chi connectivity index (χ1n) is 8.82. The highest BCUT2D eigenvalue weighted by molar-refractivity contribution is 5.35. The Morgan fingerprint density at radius 3 is 2.96 bits per heavy atom. The fraction of sp³-hybridized carbons (Fsp3) is 0.579. The first-order valence-corrected chi connectivity index (χ1v) is 8.82. The van der Waals surface area contributed by atoms with Crippen LogP contribution in [0, 0.1) is 0 Å². The number of rotatable bonds is 3. The maximum absolute atomic E-state index is 5.94. The third kappa shape index (κ3) is 3.10. The van der Waals surface area contributed by atoms with Crippen LogP contribution in [0.5, 0.6) is 0 Å². The van der Waals surface area contributed by atoms with E-state index in [4.69, 9.17) is 9.15 Å². The van der Waals surface area contributed by atoms with E-state index in [0.29, 0.717) is 19.0 Å². The van der Waals surface area contributed by atoms with Crippen LogP contribution < -0.4 is 0 Å². The molecule has 0 aliphatic carbocycles. The molecular weight excluding hydrogens is 302 g/mol. The van der Waals surface area contributed by atoms with Gasteiger partial charge in [-0.15, -0.1) is 10.2 Å². The highest BCUT2D eigenvalue weighted by Gasteiger charge is 2.32. The average molecular weight is 327 g/mol. The normalized spacial score (nSPS) is 23.8. The lowest BCUT2D eigenvalue weighted by Crippen LogP contribution is -2.41. The van der Waals surface area contributed by atoms with Crippen molar-refractivity contribution in [2.24, 2.45) is 0 Å². The van der Waals surface area contributed by atoms with Crippen molar-refractivity contribution >= 4 is 0 Å². The molecule has 1 fully saturated rings. The molecule has 1 atom stereocenters. The molecule has 0 saturated carbocycles. The Labute approximate surface area is 143 Å². The zero-order chi connectivity index (χ0) is 16.6. The summed E-state index contributed by atoms with van der Waals surface area (Å²) in [6, 6.07) is 8.72. The van der Waals surface area contributed by atoms with Crippen LogP contribution >= 0.6 is 0 Å². The Kier molecular flexibility index (Phi) is 4.14. The van der Waals surface area contributed by atoms with E-state index in [-0.39, 0.29) is 11.3 Å². The Balaban J connectivity index is 1.47. The van der Waals surface area contributed by atoms with Crippen LogP contribution in [0.3, 0.4) is 0 Å². The second-order valence-corrected chi connectivity index (χ2v) is 7.63. The molecule has 5 nitrogen and oxygen atoms in total. The predicted octanol–water partition coefficient (Wildman–Crippen LogP) is 3.26. The number of hydrogen-bond donors (Lipinski definition) is 0. The molecule has 5 heteroatoms. The molecular formula is C19H25N3O2. The minimum Gasteiger partial charge on any atom is -0.423 e. The fourth-order valence-corrected chi connectivity index (χ4v) is 3.99. The van der Waals surface area contributed by atoms with Gasteiger partial charge in [-0.1, -0.05) is 38.1 Å². The van der Waals surface area contributed by atoms with Crippen molar-refractivity contribution < 1.29 is 9.15 Å². The number of aromatic nitrogens is 2. The monoisotopic (exact) mass is 327 g/mol. The summed E-state index contributed by atoms with van der Waals surface area (Å²) < 4.78 is 11.5. The zero-order valence-electron chi connectivity index (χ0n) is 14.5. The molecule has 0 spiro atoms. The molecule has 1 saturated heterocycles. The van der Waals surface area contributed by atoms with Gasteiger partial charge in [-0.3, -0.25) is 4.90 Å². The quantitative estimate of drug-likeness (QED) is 0.866. The van der Waals surface area contributed by atoms with Crippen molar-refractivity contribution in [3.8, 4) is 0 Å². The van der Waals surface area contributed by atoms with Gasteiger partial charge >= 0.3 is 0 Å². The largest absolute Gasteiger partial charge is 0.423 e. The lowest BCUT2D eigenvalue weighted by Gasteiger charge is -2.39. The zero-order valence-corrected chi connectivity index (χ0v) is 14.5. The van der Waals surface area contributed by atoms with Crippen LogP contribution in [-0.4, -0.2) is 34.9 Å². The van der Waals surface area contributed by atoms with Crippen LogP contribution in [0.25, 0.3) is 0 Å². The molecule has 0 radical (unpaired) electrons. The molecule has 2 aliphatic heterocycles. The lowest BCUT2D eigenvalue weighted by atomic mass is 9.78. The van der Waals surface area contributed by atoms with Gasteiger partial charge in [-0.25, -0.2) is 0 Å². The fourth-order valence-electron chi connectivity index (χ4n) is 3.99. The molecule has 0 bridgehead atoms. The molecule has 3 heterocycles. The van der Waals surface area contributed by atoms with Gasteiger partial charge < -0.3 is 9.15 Å². The van der Waals surface area contributed by atoms with E-state index in [2.05, 4.69) is 53.2 Å². The minimum atomic E-state index is 0.134. The Morgan fingerprint density at radius 2 is 2.12 bits per heavy atom. The molecule has 0 N–H and O–H groups in total. The van der Waals surface area contributed by atoms with Gasteiger partial charge in [-0.05, 0) is 24.0 Å². The van der Waals surface area contributed by atoms with Crippen molar-refractivity contribution in [1.29, 1.82) is 0 Å². The standard InChI is InChI=1S/C19H25N3O2/c1-19(2)13-22(10-14-6-3-4-8-16(14)19)11-17-20-21-18(24-17)15-7-5-9-23-12-15/h3-4,6,8,15H,5,7,9-13H2,1-2H3. The summed E-state index contributed by atoms with van der Waals surface area (Å²) in [5, 5.41) is 8.54. The summed E-state index contributed by atoms with van der Waals surface area (Å²) in [5.41, 5.74) is 2.98. The molecule has 24 heavy (non-hydrogen) atoms. The van der Waals surface area contributed by atoms with Gasteiger partial charge in [0.25, 0.3) is 0 Å². The van der Waals surface area contributed by atoms with E-state index >= 15 is 0 Å². The van der Waals surface area contributed by atoms with Gasteiger partial charge in [-0.2, -0.15) is 0 Å². The van der Waals surface area contributed by atoms with Gasteiger partial charge in [0, 0.05) is 25.1 Å². The summed E-state index contributed by atoms with van der Waals surface area (Å²) in [5.74, 6) is 1.71. The van der Waals surface area contributed by atoms with E-state index < -0.39 is 0 Å². The number of ether oxygens (including phenoxy) is 1. The van der Waals surface area contributed by atoms with Crippen LogP contribution in [0.4, 0.5) is 0 Å². The van der Waals surface area contributed by atoms with Crippen LogP contribution in [0.15, 0.2) is 28.7 Å². The molecule has 1 aromatic carbocycles. The number of fused-ring (bicyclic) bond motifs is 1. The first-order chi connectivity index (χ1) is 11.6. The summed E-state index contributed by atoms with van der Waals surface area (Å²) in [6.07, 6.45) is 2.14. The summed E-state index contributed by atoms with van der Waals surface area (Å²) in [6.45, 7) is 8.79. The van der Waals surface area contributed by atoms with Crippen LogP contribution in [0.1, 0.15) is 55.5 Å². The van der Waals surface area contributed by atoms with Crippen LogP contribution in [-0.2, 0) is 23.2 Å². The van der Waals surface area contributed by atoms with Gasteiger partial charge in [0.1, 0.15) is 0 Å². The molecule has 1 unspecified atom stereocenters. The van der Waals surface area contributed by atoms with E-state index in [9.17, 15) is 0 Å². The second-order valence-electron chi connectivity index (χ2n) is 7.63. The minimum absolute atomic E-state index is 0.134. The van der Waals surface area contributed by atoms with Gasteiger partial charge in [0.2, 0.25) is 11.8 Å². The topological polar surface area (TPSA) is 51.4 Å². The van der Waals surface area contributed by atoms with E-state index in [1.54, 1.807) is 0 Å². The van der Waals surface area contributed by atoms with Gasteiger partial charge in [0.05, 0.1) is 19.1 Å². The van der Waals surface area contributed by atoms with E-state index in [0.717, 1.165) is 38.4 Å². The summed E-state index contributed by atoms with van der Waals surface area (Å²) >= 11 is 0. The van der Waals surface area contributed by atoms with Gasteiger partial charge in [0.15, 0.2) is 0 Å². The predicted molar refractivity (Wildman–Crippen MR) is 90.7 cm³/mol. The first kappa shape index (κ1) is 15.8. The smallest absolute Gasteiger partial charge is 0.230 e. The SMILES string of the molecule is CC1(C)CN(Cc2nnc(C3CCCOC3)o2)Cc2ccccc21. The molecule has 1 aromatic heterocycles. The molecule has 0 amide bonds. The third-order valence-electron chi connectivity index (χ3n) is 5.11. The third-order valence-corrected chi connectivity index (χ3v) is 5.11. The number of benzene rings is 1. The van der Waals surface area contributed by atoms with Crippen molar-refractivity contribution in [3.63, 3.8) is 0 Å². The Hall–Kier alpha value is -1.72. The second kappa shape index (κ2) is 6.30. The molecule has 2 aliphatic rings. The molecule has 2 aromatic rings. The van der Waals surface area contributed by atoms with Crippen molar-refractivity contribution in [2.75, 3.05) is 19.8 Å². The maximum Gasteiger partial charge on any atom is 0.230 e. The Bertz CT molecular complexity index is 704. The molecule has 128 valence electrons. The Morgan fingerprint density at radius 1 is 1.25 bits per heavy atom. The number of hydrogen-bond acceptors (Lipinski definition) is 5.